The minimum Gasteiger partial charge on any atom is -0.371 e. The number of allylic oxidation sites excluding steroid dienone is 4. The fourth-order valence-electron chi connectivity index (χ4n) is 7.54. The summed E-state index contributed by atoms with van der Waals surface area (Å²) in [5.74, 6) is 0.493. The number of aryl methyl sites for hydroxylation is 1. The molecular weight excluding hydrogens is 566 g/mol. The van der Waals surface area contributed by atoms with Crippen molar-refractivity contribution in [2.75, 3.05) is 32.1 Å². The molecule has 1 aliphatic carbocycles. The first-order valence-electron chi connectivity index (χ1n) is 16.3. The highest BCUT2D eigenvalue weighted by atomic mass is 16.2. The number of aromatic nitrogens is 3. The third-order valence-electron chi connectivity index (χ3n) is 9.86. The number of carbonyl (C=O) groups is 1. The molecule has 3 aromatic carbocycles. The maximum Gasteiger partial charge on any atom is 0.225 e. The van der Waals surface area contributed by atoms with Gasteiger partial charge in [0.1, 0.15) is 5.54 Å². The minimum absolute atomic E-state index is 0.0902. The van der Waals surface area contributed by atoms with Crippen LogP contribution in [0.1, 0.15) is 36.1 Å². The Morgan fingerprint density at radius 1 is 0.891 bits per heavy atom. The molecule has 2 aliphatic rings. The molecule has 0 saturated carbocycles. The van der Waals surface area contributed by atoms with E-state index in [1.807, 2.05) is 20.3 Å². The molecule has 2 aromatic heterocycles. The summed E-state index contributed by atoms with van der Waals surface area (Å²) in [5.41, 5.74) is 7.25. The maximum atomic E-state index is 12.6. The van der Waals surface area contributed by atoms with Crippen molar-refractivity contribution in [1.82, 2.24) is 19.7 Å². The van der Waals surface area contributed by atoms with Crippen LogP contribution in [0.5, 0.6) is 0 Å². The van der Waals surface area contributed by atoms with Crippen LogP contribution in [0.4, 0.5) is 5.69 Å². The SMILES string of the molecule is Cc1nn(C(c2ccccc2)(c2ccccc2)C2C=CC=CC2)cc1-c1ccc2nccc(N3CCC(C(=O)N(C)C)CC3)c2c1. The summed E-state index contributed by atoms with van der Waals surface area (Å²) >= 11 is 0. The zero-order valence-electron chi connectivity index (χ0n) is 26.9. The van der Waals surface area contributed by atoms with Crippen molar-refractivity contribution in [3.8, 4) is 11.1 Å². The van der Waals surface area contributed by atoms with Crippen molar-refractivity contribution in [2.45, 2.75) is 31.7 Å². The third-order valence-corrected chi connectivity index (χ3v) is 9.86. The smallest absolute Gasteiger partial charge is 0.225 e. The Hall–Kier alpha value is -4.97. The van der Waals surface area contributed by atoms with Crippen LogP contribution in [0.15, 0.2) is 122 Å². The molecule has 0 spiro atoms. The van der Waals surface area contributed by atoms with Gasteiger partial charge in [0.15, 0.2) is 0 Å². The van der Waals surface area contributed by atoms with Crippen LogP contribution in [0.25, 0.3) is 22.0 Å². The van der Waals surface area contributed by atoms with E-state index in [2.05, 4.69) is 132 Å². The highest BCUT2D eigenvalue weighted by Gasteiger charge is 2.44. The van der Waals surface area contributed by atoms with Crippen LogP contribution in [0.2, 0.25) is 0 Å². The van der Waals surface area contributed by atoms with Gasteiger partial charge in [0.05, 0.1) is 11.2 Å². The number of pyridine rings is 1. The lowest BCUT2D eigenvalue weighted by Gasteiger charge is -2.41. The van der Waals surface area contributed by atoms with E-state index in [1.54, 1.807) is 4.90 Å². The van der Waals surface area contributed by atoms with Gasteiger partial charge >= 0.3 is 0 Å². The van der Waals surface area contributed by atoms with Crippen molar-refractivity contribution < 1.29 is 4.79 Å². The van der Waals surface area contributed by atoms with Gasteiger partial charge in [-0.25, -0.2) is 0 Å². The molecule has 232 valence electrons. The van der Waals surface area contributed by atoms with Gasteiger partial charge in [0, 0.05) is 68.1 Å². The van der Waals surface area contributed by atoms with E-state index in [9.17, 15) is 4.79 Å². The summed E-state index contributed by atoms with van der Waals surface area (Å²) < 4.78 is 2.22. The van der Waals surface area contributed by atoms with Crippen LogP contribution in [-0.4, -0.2) is 52.8 Å². The largest absolute Gasteiger partial charge is 0.371 e. The number of nitrogens with zero attached hydrogens (tertiary/aromatic N) is 5. The lowest BCUT2D eigenvalue weighted by Crippen LogP contribution is -2.43. The summed E-state index contributed by atoms with van der Waals surface area (Å²) in [4.78, 5) is 21.5. The molecule has 0 radical (unpaired) electrons. The molecule has 1 atom stereocenters. The Kier molecular flexibility index (Phi) is 8.03. The van der Waals surface area contributed by atoms with Crippen molar-refractivity contribution in [3.63, 3.8) is 0 Å². The van der Waals surface area contributed by atoms with E-state index >= 15 is 0 Å². The number of rotatable bonds is 7. The Balaban J connectivity index is 1.32. The number of amides is 1. The van der Waals surface area contributed by atoms with Gasteiger partial charge in [0.2, 0.25) is 5.91 Å². The first-order chi connectivity index (χ1) is 22.5. The average molecular weight is 608 g/mol. The average Bonchev–Trinajstić information content (AvgIpc) is 3.50. The standard InChI is InChI=1S/C40H41N5O/c1-29-36(31-19-20-37-35(27-31)38(21-24-41-37)44-25-22-30(23-26-44)39(46)43(2)3)28-45(42-29)40(32-13-7-4-8-14-32,33-15-9-5-10-16-33)34-17-11-6-12-18-34/h4-17,19-21,24,27-28,30,34H,18,22-23,25-26H2,1-3H3. The number of hydrogen-bond acceptors (Lipinski definition) is 4. The minimum atomic E-state index is -0.537. The highest BCUT2D eigenvalue weighted by molar-refractivity contribution is 5.95. The normalized spacial score (nSPS) is 17.0. The van der Waals surface area contributed by atoms with Crippen LogP contribution in [0.3, 0.4) is 0 Å². The summed E-state index contributed by atoms with van der Waals surface area (Å²) in [6, 6.07) is 30.3. The van der Waals surface area contributed by atoms with E-state index < -0.39 is 5.54 Å². The molecule has 5 aromatic rings. The van der Waals surface area contributed by atoms with E-state index in [0.717, 1.165) is 60.1 Å². The molecule has 1 fully saturated rings. The van der Waals surface area contributed by atoms with E-state index in [1.165, 1.54) is 16.8 Å². The first kappa shape index (κ1) is 29.7. The molecule has 1 saturated heterocycles. The van der Waals surface area contributed by atoms with E-state index in [-0.39, 0.29) is 17.7 Å². The molecular formula is C40H41N5O. The predicted molar refractivity (Wildman–Crippen MR) is 187 cm³/mol. The van der Waals surface area contributed by atoms with Crippen LogP contribution >= 0.6 is 0 Å². The van der Waals surface area contributed by atoms with Crippen molar-refractivity contribution in [2.24, 2.45) is 11.8 Å². The monoisotopic (exact) mass is 607 g/mol. The molecule has 1 amide bonds. The van der Waals surface area contributed by atoms with Crippen molar-refractivity contribution in [1.29, 1.82) is 0 Å². The summed E-state index contributed by atoms with van der Waals surface area (Å²) in [6.07, 6.45) is 15.7. The topological polar surface area (TPSA) is 54.3 Å². The molecule has 1 unspecified atom stereocenters. The van der Waals surface area contributed by atoms with Gasteiger partial charge in [-0.1, -0.05) is 91.0 Å². The predicted octanol–water partition coefficient (Wildman–Crippen LogP) is 7.64. The van der Waals surface area contributed by atoms with Gasteiger partial charge in [-0.15, -0.1) is 0 Å². The summed E-state index contributed by atoms with van der Waals surface area (Å²) in [7, 11) is 3.70. The number of anilines is 1. The fourth-order valence-corrected chi connectivity index (χ4v) is 7.54. The highest BCUT2D eigenvalue weighted by Crippen LogP contribution is 2.45. The van der Waals surface area contributed by atoms with Crippen LogP contribution < -0.4 is 4.90 Å². The van der Waals surface area contributed by atoms with Gasteiger partial charge in [-0.05, 0) is 61.1 Å². The van der Waals surface area contributed by atoms with Gasteiger partial charge in [-0.2, -0.15) is 5.10 Å². The van der Waals surface area contributed by atoms with Crippen molar-refractivity contribution >= 4 is 22.5 Å². The molecule has 6 nitrogen and oxygen atoms in total. The Labute approximate surface area is 271 Å². The lowest BCUT2D eigenvalue weighted by molar-refractivity contribution is -0.133. The third kappa shape index (κ3) is 5.22. The second-order valence-corrected chi connectivity index (χ2v) is 12.8. The number of carbonyl (C=O) groups excluding carboxylic acids is 1. The molecule has 7 rings (SSSR count). The summed E-state index contributed by atoms with van der Waals surface area (Å²) in [5, 5.41) is 6.44. The summed E-state index contributed by atoms with van der Waals surface area (Å²) in [6.45, 7) is 3.82. The number of fused-ring (bicyclic) bond motifs is 1. The van der Waals surface area contributed by atoms with Crippen LogP contribution in [0, 0.1) is 18.8 Å². The first-order valence-corrected chi connectivity index (χ1v) is 16.3. The molecule has 0 bridgehead atoms. The molecule has 0 N–H and O–H groups in total. The quantitative estimate of drug-likeness (QED) is 0.191. The van der Waals surface area contributed by atoms with Gasteiger partial charge in [-0.3, -0.25) is 14.5 Å². The molecule has 6 heteroatoms. The second-order valence-electron chi connectivity index (χ2n) is 12.8. The van der Waals surface area contributed by atoms with Gasteiger partial charge < -0.3 is 9.80 Å². The number of hydrogen-bond donors (Lipinski definition) is 0. The zero-order chi connectivity index (χ0) is 31.7. The van der Waals surface area contributed by atoms with Gasteiger partial charge in [0.25, 0.3) is 0 Å². The van der Waals surface area contributed by atoms with E-state index in [0.29, 0.717) is 0 Å². The Morgan fingerprint density at radius 3 is 2.22 bits per heavy atom. The number of piperidine rings is 1. The van der Waals surface area contributed by atoms with Crippen molar-refractivity contribution in [3.05, 3.63) is 138 Å². The molecule has 3 heterocycles. The Bertz CT molecular complexity index is 1860. The maximum absolute atomic E-state index is 12.6. The van der Waals surface area contributed by atoms with Crippen LogP contribution in [-0.2, 0) is 10.3 Å². The zero-order valence-corrected chi connectivity index (χ0v) is 26.9. The lowest BCUT2D eigenvalue weighted by atomic mass is 9.70. The Morgan fingerprint density at radius 2 is 1.59 bits per heavy atom. The molecule has 46 heavy (non-hydrogen) atoms. The molecule has 1 aliphatic heterocycles. The van der Waals surface area contributed by atoms with E-state index in [4.69, 9.17) is 10.1 Å². The second kappa shape index (κ2) is 12.4. The number of benzene rings is 3. The fraction of sp³-hybridized carbons (Fsp3) is 0.275.